The van der Waals surface area contributed by atoms with Crippen LogP contribution in [0.25, 0.3) is 76.8 Å². The Kier molecular flexibility index (Phi) is 11.4. The van der Waals surface area contributed by atoms with Crippen molar-refractivity contribution in [2.24, 2.45) is 0 Å². The fourth-order valence-electron chi connectivity index (χ4n) is 9.88. The van der Waals surface area contributed by atoms with Crippen molar-refractivity contribution in [2.45, 2.75) is 33.6 Å². The molecule has 0 N–H and O–H groups in total. The monoisotopic (exact) mass is 881 g/mol. The second kappa shape index (κ2) is 18.2. The topological polar surface area (TPSA) is 21.1 Å². The van der Waals surface area contributed by atoms with Crippen LogP contribution < -0.4 is 4.90 Å². The van der Waals surface area contributed by atoms with Gasteiger partial charge in [0.1, 0.15) is 5.01 Å². The molecule has 0 fully saturated rings. The van der Waals surface area contributed by atoms with Gasteiger partial charge in [0.2, 0.25) is 0 Å². The molecule has 0 saturated carbocycles. The molecule has 2 heterocycles. The molecule has 2 aliphatic rings. The molecule has 2 aliphatic carbocycles. The van der Waals surface area contributed by atoms with Crippen molar-refractivity contribution in [2.75, 3.05) is 11.4 Å². The number of allylic oxidation sites excluding steroid dienone is 9. The molecule has 0 radical (unpaired) electrons. The van der Waals surface area contributed by atoms with Crippen LogP contribution in [-0.4, -0.2) is 16.1 Å². The van der Waals surface area contributed by atoms with E-state index in [-0.39, 0.29) is 0 Å². The molecule has 3 nitrogen and oxygen atoms in total. The summed E-state index contributed by atoms with van der Waals surface area (Å²) in [6, 6.07) is 59.8. The minimum atomic E-state index is 0.781. The second-order valence-corrected chi connectivity index (χ2v) is 18.5. The van der Waals surface area contributed by atoms with Crippen LogP contribution in [0.4, 0.5) is 5.69 Å². The number of nitrogens with zero attached hydrogens (tertiary/aromatic N) is 3. The minimum Gasteiger partial charge on any atom is -0.338 e. The van der Waals surface area contributed by atoms with Gasteiger partial charge in [0, 0.05) is 45.8 Å². The number of thiazole rings is 1. The van der Waals surface area contributed by atoms with E-state index in [0.29, 0.717) is 0 Å². The Morgan fingerprint density at radius 2 is 1.37 bits per heavy atom. The SMILES string of the molecule is C/C=C\C=C/CN(C1=CCC=C(/C(C)=C/c2c(C)n(-c3ccc(-c4ccc5c(c4)-c4ccccc4Cc4ccccc4-5)cc3)c3cc4nc(-c5ccccc5)sc4cc23)C=C1)c1ccccc1. The third-order valence-corrected chi connectivity index (χ3v) is 14.3. The lowest BCUT2D eigenvalue weighted by Crippen LogP contribution is -2.21. The first kappa shape index (κ1) is 41.9. The largest absolute Gasteiger partial charge is 0.338 e. The normalized spacial score (nSPS) is 13.6. The van der Waals surface area contributed by atoms with E-state index in [1.807, 2.05) is 6.92 Å². The van der Waals surface area contributed by atoms with Crippen LogP contribution in [0.3, 0.4) is 0 Å². The Labute approximate surface area is 398 Å². The van der Waals surface area contributed by atoms with Gasteiger partial charge in [-0.1, -0.05) is 164 Å². The number of fused-ring (bicyclic) bond motifs is 7. The predicted octanol–water partition coefficient (Wildman–Crippen LogP) is 16.9. The van der Waals surface area contributed by atoms with Crippen LogP contribution in [0.5, 0.6) is 0 Å². The Balaban J connectivity index is 0.976. The summed E-state index contributed by atoms with van der Waals surface area (Å²) < 4.78 is 3.62. The Hall–Kier alpha value is -7.79. The molecule has 0 saturated heterocycles. The molecule has 0 spiro atoms. The minimum absolute atomic E-state index is 0.781. The zero-order valence-electron chi connectivity index (χ0n) is 38.2. The Morgan fingerprint density at radius 1 is 0.672 bits per heavy atom. The van der Waals surface area contributed by atoms with E-state index in [0.717, 1.165) is 46.7 Å². The first-order valence-corrected chi connectivity index (χ1v) is 24.1. The van der Waals surface area contributed by atoms with E-state index in [4.69, 9.17) is 4.98 Å². The molecule has 0 amide bonds. The first-order chi connectivity index (χ1) is 33.0. The number of aromatic nitrogens is 2. The van der Waals surface area contributed by atoms with Gasteiger partial charge in [-0.25, -0.2) is 4.98 Å². The van der Waals surface area contributed by atoms with Gasteiger partial charge in [0.15, 0.2) is 0 Å². The highest BCUT2D eigenvalue weighted by Gasteiger charge is 2.21. The molecular weight excluding hydrogens is 831 g/mol. The molecule has 4 heteroatoms. The van der Waals surface area contributed by atoms with Gasteiger partial charge in [0.05, 0.1) is 15.7 Å². The van der Waals surface area contributed by atoms with E-state index in [9.17, 15) is 0 Å². The molecule has 0 atom stereocenters. The lowest BCUT2D eigenvalue weighted by atomic mass is 9.91. The van der Waals surface area contributed by atoms with Crippen molar-refractivity contribution >= 4 is 44.2 Å². The van der Waals surface area contributed by atoms with Gasteiger partial charge >= 0.3 is 0 Å². The number of para-hydroxylation sites is 1. The van der Waals surface area contributed by atoms with Crippen LogP contribution in [0.15, 0.2) is 229 Å². The maximum absolute atomic E-state index is 5.20. The van der Waals surface area contributed by atoms with Crippen molar-refractivity contribution in [3.63, 3.8) is 0 Å². The molecule has 67 heavy (non-hydrogen) atoms. The molecule has 324 valence electrons. The fourth-order valence-corrected chi connectivity index (χ4v) is 10.9. The second-order valence-electron chi connectivity index (χ2n) is 17.4. The summed E-state index contributed by atoms with van der Waals surface area (Å²) in [5.74, 6) is 0. The molecule has 7 aromatic carbocycles. The van der Waals surface area contributed by atoms with Gasteiger partial charge in [-0.3, -0.25) is 0 Å². The third-order valence-electron chi connectivity index (χ3n) is 13.3. The van der Waals surface area contributed by atoms with Gasteiger partial charge in [-0.15, -0.1) is 11.3 Å². The summed E-state index contributed by atoms with van der Waals surface area (Å²) in [4.78, 5) is 7.58. The fraction of sp³-hybridized carbons (Fsp3) is 0.0952. The van der Waals surface area contributed by atoms with Crippen molar-refractivity contribution in [1.29, 1.82) is 0 Å². The number of hydrogen-bond donors (Lipinski definition) is 0. The molecular formula is C63H51N3S. The molecule has 0 unspecified atom stereocenters. The Morgan fingerprint density at radius 3 is 2.13 bits per heavy atom. The maximum Gasteiger partial charge on any atom is 0.124 e. The molecule has 0 bridgehead atoms. The van der Waals surface area contributed by atoms with E-state index in [1.54, 1.807) is 11.3 Å². The number of hydrogen-bond acceptors (Lipinski definition) is 3. The standard InChI is InChI=1S/C63H51N3S/c1-4-5-6-17-37-65(51-24-11-8-12-25-51)52-26-18-23-45(29-33-52)43(2)38-57-44(3)66(61-42-60-62(41-59(57)61)67-63(64-60)47-19-9-7-10-20-47)53-34-30-46(31-35-53)48-32-36-56-54-27-15-13-21-49(54)39-50-22-14-16-28-55(50)58(56)40-48/h4-17,19-36,38,40-42H,18,37,39H2,1-3H3/b5-4-,17-6-,43-38+. The van der Waals surface area contributed by atoms with Gasteiger partial charge in [-0.05, 0) is 144 Å². The average Bonchev–Trinajstić information content (AvgIpc) is 3.73. The summed E-state index contributed by atoms with van der Waals surface area (Å²) in [6.45, 7) is 7.35. The van der Waals surface area contributed by atoms with E-state index in [1.165, 1.54) is 88.4 Å². The van der Waals surface area contributed by atoms with E-state index in [2.05, 4.69) is 242 Å². The predicted molar refractivity (Wildman–Crippen MR) is 287 cm³/mol. The van der Waals surface area contributed by atoms with Crippen LogP contribution in [-0.2, 0) is 6.42 Å². The average molecular weight is 882 g/mol. The van der Waals surface area contributed by atoms with Gasteiger partial charge in [-0.2, -0.15) is 0 Å². The van der Waals surface area contributed by atoms with E-state index >= 15 is 0 Å². The highest BCUT2D eigenvalue weighted by Crippen LogP contribution is 2.43. The molecule has 0 aliphatic heterocycles. The molecule has 2 aromatic heterocycles. The van der Waals surface area contributed by atoms with Crippen LogP contribution in [0, 0.1) is 6.92 Å². The zero-order chi connectivity index (χ0) is 45.3. The zero-order valence-corrected chi connectivity index (χ0v) is 39.0. The van der Waals surface area contributed by atoms with Gasteiger partial charge < -0.3 is 9.47 Å². The lowest BCUT2D eigenvalue weighted by Gasteiger charge is -2.24. The van der Waals surface area contributed by atoms with E-state index < -0.39 is 0 Å². The molecule has 9 aromatic rings. The summed E-state index contributed by atoms with van der Waals surface area (Å²) in [5.41, 5.74) is 22.1. The number of benzene rings is 7. The van der Waals surface area contributed by atoms with Crippen molar-refractivity contribution in [3.8, 4) is 49.6 Å². The van der Waals surface area contributed by atoms with Crippen molar-refractivity contribution in [3.05, 3.63) is 252 Å². The summed E-state index contributed by atoms with van der Waals surface area (Å²) in [6.07, 6.45) is 21.9. The van der Waals surface area contributed by atoms with Crippen molar-refractivity contribution in [1.82, 2.24) is 9.55 Å². The Bertz CT molecular complexity index is 3500. The summed E-state index contributed by atoms with van der Waals surface area (Å²) >= 11 is 1.76. The quantitative estimate of drug-likeness (QED) is 0.128. The van der Waals surface area contributed by atoms with Crippen LogP contribution >= 0.6 is 11.3 Å². The molecule has 11 rings (SSSR count). The highest BCUT2D eigenvalue weighted by atomic mass is 32.1. The first-order valence-electron chi connectivity index (χ1n) is 23.3. The van der Waals surface area contributed by atoms with Crippen molar-refractivity contribution < 1.29 is 0 Å². The van der Waals surface area contributed by atoms with Crippen LogP contribution in [0.1, 0.15) is 42.7 Å². The number of anilines is 1. The van der Waals surface area contributed by atoms with Crippen LogP contribution in [0.2, 0.25) is 0 Å². The highest BCUT2D eigenvalue weighted by molar-refractivity contribution is 7.21. The van der Waals surface area contributed by atoms with Gasteiger partial charge in [0.25, 0.3) is 0 Å². The lowest BCUT2D eigenvalue weighted by molar-refractivity contribution is 1.03. The summed E-state index contributed by atoms with van der Waals surface area (Å²) in [7, 11) is 0. The number of rotatable bonds is 10. The third kappa shape index (κ3) is 8.15. The maximum atomic E-state index is 5.20. The smallest absolute Gasteiger partial charge is 0.124 e. The summed E-state index contributed by atoms with van der Waals surface area (Å²) in [5, 5.41) is 2.26.